The fraction of sp³-hybridized carbons (Fsp3) is 0.538. The number of rotatable bonds is 1. The van der Waals surface area contributed by atoms with Crippen molar-refractivity contribution < 1.29 is 0 Å². The Hall–Kier alpha value is -1.38. The van der Waals surface area contributed by atoms with Gasteiger partial charge in [-0.1, -0.05) is 34.6 Å². The summed E-state index contributed by atoms with van der Waals surface area (Å²) in [7, 11) is 0. The van der Waals surface area contributed by atoms with Gasteiger partial charge in [-0.2, -0.15) is 0 Å². The lowest BCUT2D eigenvalue weighted by Crippen LogP contribution is -2.11. The summed E-state index contributed by atoms with van der Waals surface area (Å²) >= 11 is 0. The number of nitrogens with zero attached hydrogens (tertiary/aromatic N) is 2. The van der Waals surface area contributed by atoms with Crippen molar-refractivity contribution in [2.75, 3.05) is 0 Å². The monoisotopic (exact) mass is 217 g/mol. The molecule has 0 saturated heterocycles. The van der Waals surface area contributed by atoms with Crippen LogP contribution in [0.2, 0.25) is 0 Å². The largest absolute Gasteiger partial charge is 0.355 e. The molecular formula is C13H19N3. The van der Waals surface area contributed by atoms with Crippen molar-refractivity contribution >= 4 is 11.0 Å². The van der Waals surface area contributed by atoms with Gasteiger partial charge in [0.15, 0.2) is 0 Å². The number of H-pyrrole nitrogens is 1. The van der Waals surface area contributed by atoms with Crippen LogP contribution in [0.4, 0.5) is 0 Å². The maximum absolute atomic E-state index is 4.36. The van der Waals surface area contributed by atoms with E-state index in [1.807, 2.05) is 0 Å². The molecule has 1 N–H and O–H groups in total. The second-order valence-electron chi connectivity index (χ2n) is 5.61. The molecule has 0 spiro atoms. The van der Waals surface area contributed by atoms with Crippen molar-refractivity contribution in [2.45, 2.75) is 46.0 Å². The molecule has 2 aromatic heterocycles. The lowest BCUT2D eigenvalue weighted by Gasteiger charge is -2.15. The van der Waals surface area contributed by atoms with E-state index in [4.69, 9.17) is 0 Å². The van der Waals surface area contributed by atoms with Gasteiger partial charge in [-0.15, -0.1) is 0 Å². The van der Waals surface area contributed by atoms with Gasteiger partial charge < -0.3 is 4.98 Å². The van der Waals surface area contributed by atoms with E-state index in [-0.39, 0.29) is 5.41 Å². The first-order valence-corrected chi connectivity index (χ1v) is 5.73. The summed E-state index contributed by atoms with van der Waals surface area (Å²) in [4.78, 5) is 12.1. The first-order valence-electron chi connectivity index (χ1n) is 5.73. The van der Waals surface area contributed by atoms with E-state index in [0.717, 1.165) is 16.7 Å². The average molecular weight is 217 g/mol. The molecule has 0 atom stereocenters. The van der Waals surface area contributed by atoms with Gasteiger partial charge in [0.1, 0.15) is 6.33 Å². The summed E-state index contributed by atoms with van der Waals surface area (Å²) in [6.07, 6.45) is 1.65. The number of hydrogen-bond acceptors (Lipinski definition) is 2. The molecule has 16 heavy (non-hydrogen) atoms. The topological polar surface area (TPSA) is 41.6 Å². The maximum Gasteiger partial charge on any atom is 0.116 e. The van der Waals surface area contributed by atoms with E-state index in [9.17, 15) is 0 Å². The zero-order chi connectivity index (χ0) is 11.9. The lowest BCUT2D eigenvalue weighted by molar-refractivity contribution is 0.574. The SMILES string of the molecule is CC(C)c1ncnc2cc(C(C)(C)C)[nH]c12. The van der Waals surface area contributed by atoms with Crippen molar-refractivity contribution in [3.63, 3.8) is 0 Å². The average Bonchev–Trinajstić information content (AvgIpc) is 2.59. The van der Waals surface area contributed by atoms with Gasteiger partial charge in [0.2, 0.25) is 0 Å². The van der Waals surface area contributed by atoms with Crippen molar-refractivity contribution in [2.24, 2.45) is 0 Å². The predicted octanol–water partition coefficient (Wildman–Crippen LogP) is 3.38. The Morgan fingerprint density at radius 1 is 1.19 bits per heavy atom. The summed E-state index contributed by atoms with van der Waals surface area (Å²) in [6.45, 7) is 10.9. The van der Waals surface area contributed by atoms with Crippen LogP contribution >= 0.6 is 0 Å². The van der Waals surface area contributed by atoms with Crippen LogP contribution < -0.4 is 0 Å². The molecule has 2 heterocycles. The fourth-order valence-corrected chi connectivity index (χ4v) is 1.80. The molecule has 2 rings (SSSR count). The van der Waals surface area contributed by atoms with Crippen molar-refractivity contribution in [1.29, 1.82) is 0 Å². The minimum atomic E-state index is 0.120. The highest BCUT2D eigenvalue weighted by Gasteiger charge is 2.18. The Morgan fingerprint density at radius 2 is 1.88 bits per heavy atom. The van der Waals surface area contributed by atoms with Crippen molar-refractivity contribution in [1.82, 2.24) is 15.0 Å². The molecule has 0 radical (unpaired) electrons. The second kappa shape index (κ2) is 3.58. The molecule has 0 unspecified atom stereocenters. The van der Waals surface area contributed by atoms with E-state index in [1.54, 1.807) is 6.33 Å². The number of aromatic nitrogens is 3. The molecular weight excluding hydrogens is 198 g/mol. The van der Waals surface area contributed by atoms with Gasteiger partial charge >= 0.3 is 0 Å². The Morgan fingerprint density at radius 3 is 2.44 bits per heavy atom. The van der Waals surface area contributed by atoms with E-state index >= 15 is 0 Å². The number of fused-ring (bicyclic) bond motifs is 1. The van der Waals surface area contributed by atoms with Gasteiger partial charge in [-0.3, -0.25) is 0 Å². The third-order valence-electron chi connectivity index (χ3n) is 2.80. The third kappa shape index (κ3) is 1.82. The number of nitrogens with one attached hydrogen (secondary N) is 1. The van der Waals surface area contributed by atoms with Gasteiger partial charge in [0, 0.05) is 11.1 Å². The van der Waals surface area contributed by atoms with E-state index in [2.05, 4.69) is 55.6 Å². The zero-order valence-electron chi connectivity index (χ0n) is 10.6. The molecule has 0 aliphatic carbocycles. The van der Waals surface area contributed by atoms with E-state index in [0.29, 0.717) is 5.92 Å². The van der Waals surface area contributed by atoms with Gasteiger partial charge in [0.25, 0.3) is 0 Å². The normalized spacial score (nSPS) is 12.6. The van der Waals surface area contributed by atoms with Gasteiger partial charge in [-0.05, 0) is 12.0 Å². The van der Waals surface area contributed by atoms with E-state index < -0.39 is 0 Å². The van der Waals surface area contributed by atoms with Crippen LogP contribution in [-0.2, 0) is 5.41 Å². The Bertz CT molecular complexity index is 503. The standard InChI is InChI=1S/C13H19N3/c1-8(2)11-12-9(14-7-15-11)6-10(16-12)13(3,4)5/h6-8,16H,1-5H3. The summed E-state index contributed by atoms with van der Waals surface area (Å²) in [6, 6.07) is 2.13. The molecule has 0 aromatic carbocycles. The minimum Gasteiger partial charge on any atom is -0.355 e. The van der Waals surface area contributed by atoms with Crippen molar-refractivity contribution in [3.8, 4) is 0 Å². The minimum absolute atomic E-state index is 0.120. The Balaban J connectivity index is 2.66. The van der Waals surface area contributed by atoms with Crippen LogP contribution in [-0.4, -0.2) is 15.0 Å². The molecule has 3 heteroatoms. The van der Waals surface area contributed by atoms with Crippen LogP contribution in [0, 0.1) is 0 Å². The molecule has 0 bridgehead atoms. The molecule has 0 fully saturated rings. The van der Waals surface area contributed by atoms with Crippen LogP contribution in [0.1, 0.15) is 51.9 Å². The summed E-state index contributed by atoms with van der Waals surface area (Å²) < 4.78 is 0. The highest BCUT2D eigenvalue weighted by atomic mass is 14.9. The highest BCUT2D eigenvalue weighted by Crippen LogP contribution is 2.27. The fourth-order valence-electron chi connectivity index (χ4n) is 1.80. The highest BCUT2D eigenvalue weighted by molar-refractivity contribution is 5.78. The third-order valence-corrected chi connectivity index (χ3v) is 2.80. The predicted molar refractivity (Wildman–Crippen MR) is 66.7 cm³/mol. The second-order valence-corrected chi connectivity index (χ2v) is 5.61. The first kappa shape index (κ1) is 11.1. The van der Waals surface area contributed by atoms with Crippen LogP contribution in [0.5, 0.6) is 0 Å². The summed E-state index contributed by atoms with van der Waals surface area (Å²) in [5.74, 6) is 0.414. The first-order chi connectivity index (χ1) is 7.39. The summed E-state index contributed by atoms with van der Waals surface area (Å²) in [5, 5.41) is 0. The molecule has 0 aliphatic rings. The molecule has 3 nitrogen and oxygen atoms in total. The van der Waals surface area contributed by atoms with Gasteiger partial charge in [-0.25, -0.2) is 9.97 Å². The Kier molecular flexibility index (Phi) is 2.49. The summed E-state index contributed by atoms with van der Waals surface area (Å²) in [5.41, 5.74) is 4.53. The van der Waals surface area contributed by atoms with Crippen LogP contribution in [0.3, 0.4) is 0 Å². The molecule has 0 aliphatic heterocycles. The molecule has 0 amide bonds. The quantitative estimate of drug-likeness (QED) is 0.795. The van der Waals surface area contributed by atoms with Crippen LogP contribution in [0.15, 0.2) is 12.4 Å². The maximum atomic E-state index is 4.36. The van der Waals surface area contributed by atoms with Crippen molar-refractivity contribution in [3.05, 3.63) is 23.8 Å². The number of aromatic amines is 1. The molecule has 86 valence electrons. The molecule has 2 aromatic rings. The smallest absolute Gasteiger partial charge is 0.116 e. The van der Waals surface area contributed by atoms with E-state index in [1.165, 1.54) is 5.69 Å². The Labute approximate surface area is 96.3 Å². The van der Waals surface area contributed by atoms with Gasteiger partial charge in [0.05, 0.1) is 16.7 Å². The lowest BCUT2D eigenvalue weighted by atomic mass is 9.93. The molecule has 0 saturated carbocycles. The zero-order valence-corrected chi connectivity index (χ0v) is 10.6. The van der Waals surface area contributed by atoms with Crippen LogP contribution in [0.25, 0.3) is 11.0 Å². The number of hydrogen-bond donors (Lipinski definition) is 1.